The first-order valence-electron chi connectivity index (χ1n) is 11.6. The van der Waals surface area contributed by atoms with Gasteiger partial charge in [-0.15, -0.1) is 0 Å². The Morgan fingerprint density at radius 1 is 1.09 bits per heavy atom. The second kappa shape index (κ2) is 9.87. The number of hydrogen-bond acceptors (Lipinski definition) is 6. The highest BCUT2D eigenvalue weighted by Crippen LogP contribution is 2.30. The van der Waals surface area contributed by atoms with Gasteiger partial charge in [0.05, 0.1) is 10.2 Å². The van der Waals surface area contributed by atoms with E-state index in [4.69, 9.17) is 4.74 Å². The van der Waals surface area contributed by atoms with Crippen LogP contribution in [-0.2, 0) is 21.0 Å². The largest absolute Gasteiger partial charge is 0.447 e. The lowest BCUT2D eigenvalue weighted by Crippen LogP contribution is -2.42. The molecule has 9 heteroatoms. The molecule has 1 fully saturated rings. The molecule has 180 valence electrons. The lowest BCUT2D eigenvalue weighted by molar-refractivity contribution is -0.159. The van der Waals surface area contributed by atoms with Crippen molar-refractivity contribution < 1.29 is 14.3 Å². The van der Waals surface area contributed by atoms with Gasteiger partial charge in [0.15, 0.2) is 0 Å². The highest BCUT2D eigenvalue weighted by Gasteiger charge is 2.32. The average Bonchev–Trinajstić information content (AvgIpc) is 3.47. The van der Waals surface area contributed by atoms with Crippen LogP contribution in [0.1, 0.15) is 43.2 Å². The van der Waals surface area contributed by atoms with E-state index < -0.39 is 12.1 Å². The molecule has 1 aliphatic heterocycles. The number of thiazole rings is 1. The molecule has 0 aliphatic carbocycles. The number of piperidine rings is 1. The Bertz CT molecular complexity index is 1400. The molecule has 1 atom stereocenters. The van der Waals surface area contributed by atoms with Crippen LogP contribution in [0.4, 0.5) is 0 Å². The molecule has 0 saturated carbocycles. The molecule has 0 bridgehead atoms. The Hall–Kier alpha value is -3.72. The maximum absolute atomic E-state index is 13.3. The van der Waals surface area contributed by atoms with E-state index >= 15 is 0 Å². The number of imidazole rings is 1. The third-order valence-electron chi connectivity index (χ3n) is 6.40. The van der Waals surface area contributed by atoms with E-state index in [2.05, 4.69) is 4.98 Å². The van der Waals surface area contributed by atoms with Crippen LogP contribution in [-0.4, -0.2) is 44.0 Å². The minimum Gasteiger partial charge on any atom is -0.447 e. The summed E-state index contributed by atoms with van der Waals surface area (Å²) < 4.78 is 10.2. The molecule has 2 aromatic heterocycles. The van der Waals surface area contributed by atoms with Gasteiger partial charge in [-0.1, -0.05) is 53.8 Å². The number of esters is 1. The summed E-state index contributed by atoms with van der Waals surface area (Å²) in [5.74, 6) is 0.391. The van der Waals surface area contributed by atoms with Crippen molar-refractivity contribution in [3.8, 4) is 0 Å². The Labute approximate surface area is 206 Å². The smallest absolute Gasteiger partial charge is 0.309 e. The summed E-state index contributed by atoms with van der Waals surface area (Å²) in [6.07, 6.45) is 4.20. The van der Waals surface area contributed by atoms with Crippen molar-refractivity contribution in [3.63, 3.8) is 0 Å². The molecule has 0 radical (unpaired) electrons. The van der Waals surface area contributed by atoms with Crippen molar-refractivity contribution in [2.75, 3.05) is 13.1 Å². The van der Waals surface area contributed by atoms with Gasteiger partial charge in [0.2, 0.25) is 6.10 Å². The number of carbonyl (C=O) groups is 2. The van der Waals surface area contributed by atoms with Crippen LogP contribution in [0.5, 0.6) is 0 Å². The minimum atomic E-state index is -0.939. The maximum atomic E-state index is 13.3. The summed E-state index contributed by atoms with van der Waals surface area (Å²) in [7, 11) is 0. The molecule has 1 aliphatic rings. The Morgan fingerprint density at radius 2 is 1.80 bits per heavy atom. The number of hydrogen-bond donors (Lipinski definition) is 0. The number of nitrogens with zero attached hydrogens (tertiary/aromatic N) is 4. The number of amides is 1. The summed E-state index contributed by atoms with van der Waals surface area (Å²) in [5, 5.41) is 0. The lowest BCUT2D eigenvalue weighted by atomic mass is 9.95. The third kappa shape index (κ3) is 4.77. The second-order valence-electron chi connectivity index (χ2n) is 8.66. The summed E-state index contributed by atoms with van der Waals surface area (Å²) in [5.41, 5.74) is 1.58. The first kappa shape index (κ1) is 23.0. The van der Waals surface area contributed by atoms with Gasteiger partial charge in [0.25, 0.3) is 5.91 Å². The van der Waals surface area contributed by atoms with E-state index in [0.717, 1.165) is 28.9 Å². The van der Waals surface area contributed by atoms with Crippen LogP contribution >= 0.6 is 11.3 Å². The van der Waals surface area contributed by atoms with Crippen LogP contribution in [0.25, 0.3) is 10.2 Å². The molecule has 35 heavy (non-hydrogen) atoms. The number of likely N-dealkylation sites (tertiary alicyclic amines) is 1. The van der Waals surface area contributed by atoms with Crippen LogP contribution in [0.2, 0.25) is 0 Å². The zero-order valence-corrected chi connectivity index (χ0v) is 20.2. The van der Waals surface area contributed by atoms with Gasteiger partial charge in [-0.2, -0.15) is 0 Å². The fourth-order valence-electron chi connectivity index (χ4n) is 4.68. The number of aromatic nitrogens is 3. The quantitative estimate of drug-likeness (QED) is 0.384. The Kier molecular flexibility index (Phi) is 6.50. The molecule has 1 amide bonds. The molecule has 3 heterocycles. The molecule has 0 spiro atoms. The molecule has 4 aromatic rings. The number of ether oxygens (including phenoxy) is 1. The second-order valence-corrected chi connectivity index (χ2v) is 9.65. The van der Waals surface area contributed by atoms with Gasteiger partial charge >= 0.3 is 10.8 Å². The van der Waals surface area contributed by atoms with Gasteiger partial charge in [-0.3, -0.25) is 19.0 Å². The summed E-state index contributed by atoms with van der Waals surface area (Å²) in [4.78, 5) is 43.9. The molecule has 8 nitrogen and oxygen atoms in total. The van der Waals surface area contributed by atoms with E-state index in [9.17, 15) is 14.4 Å². The van der Waals surface area contributed by atoms with Crippen LogP contribution < -0.4 is 4.87 Å². The summed E-state index contributed by atoms with van der Waals surface area (Å²) in [6, 6.07) is 16.9. The van der Waals surface area contributed by atoms with Gasteiger partial charge in [-0.05, 0) is 25.0 Å². The zero-order valence-electron chi connectivity index (χ0n) is 19.4. The fraction of sp³-hybridized carbons (Fsp3) is 0.308. The van der Waals surface area contributed by atoms with Crippen molar-refractivity contribution in [3.05, 3.63) is 88.0 Å². The SMILES string of the molecule is CC(=O)OC(C(=O)N1CCC(c2nccn2Cn2c(=O)sc3ccccc32)CC1)c1ccccc1. The van der Waals surface area contributed by atoms with E-state index in [1.165, 1.54) is 18.3 Å². The minimum absolute atomic E-state index is 0.00342. The normalized spacial score (nSPS) is 15.3. The zero-order chi connectivity index (χ0) is 24.4. The van der Waals surface area contributed by atoms with Gasteiger partial charge in [0.1, 0.15) is 12.5 Å². The summed E-state index contributed by atoms with van der Waals surface area (Å²) >= 11 is 1.24. The first-order valence-corrected chi connectivity index (χ1v) is 12.4. The number of benzene rings is 2. The molecular formula is C26H26N4O4S. The number of para-hydroxylation sites is 1. The molecule has 0 N–H and O–H groups in total. The topological polar surface area (TPSA) is 86.4 Å². The van der Waals surface area contributed by atoms with E-state index in [-0.39, 0.29) is 16.7 Å². The van der Waals surface area contributed by atoms with Crippen molar-refractivity contribution >= 4 is 33.4 Å². The third-order valence-corrected chi connectivity index (χ3v) is 7.36. The van der Waals surface area contributed by atoms with E-state index in [1.54, 1.807) is 27.8 Å². The predicted molar refractivity (Wildman–Crippen MR) is 133 cm³/mol. The number of rotatable bonds is 6. The van der Waals surface area contributed by atoms with Crippen LogP contribution in [0.15, 0.2) is 71.8 Å². The molecule has 1 unspecified atom stereocenters. The van der Waals surface area contributed by atoms with Gasteiger partial charge in [-0.25, -0.2) is 4.98 Å². The highest BCUT2D eigenvalue weighted by atomic mass is 32.1. The van der Waals surface area contributed by atoms with Gasteiger partial charge < -0.3 is 14.2 Å². The van der Waals surface area contributed by atoms with E-state index in [0.29, 0.717) is 25.3 Å². The Balaban J connectivity index is 1.29. The average molecular weight is 491 g/mol. The molecule has 1 saturated heterocycles. The maximum Gasteiger partial charge on any atom is 0.309 e. The molecular weight excluding hydrogens is 464 g/mol. The summed E-state index contributed by atoms with van der Waals surface area (Å²) in [6.45, 7) is 2.81. The standard InChI is InChI=1S/C26H26N4O4S/c1-18(31)34-23(19-7-3-2-4-8-19)25(32)28-14-11-20(12-15-28)24-27-13-16-29(24)17-30-21-9-5-6-10-22(21)35-26(30)33/h2-10,13,16,20,23H,11-12,14-15,17H2,1H3. The first-order chi connectivity index (χ1) is 17.0. The fourth-order valence-corrected chi connectivity index (χ4v) is 5.56. The van der Waals surface area contributed by atoms with Crippen LogP contribution in [0, 0.1) is 0 Å². The monoisotopic (exact) mass is 490 g/mol. The highest BCUT2D eigenvalue weighted by molar-refractivity contribution is 7.16. The van der Waals surface area contributed by atoms with Crippen LogP contribution in [0.3, 0.4) is 0 Å². The van der Waals surface area contributed by atoms with Crippen molar-refractivity contribution in [2.45, 2.75) is 38.5 Å². The van der Waals surface area contributed by atoms with Crippen molar-refractivity contribution in [1.29, 1.82) is 0 Å². The van der Waals surface area contributed by atoms with E-state index in [1.807, 2.05) is 53.2 Å². The molecule has 5 rings (SSSR count). The van der Waals surface area contributed by atoms with Crippen molar-refractivity contribution in [1.82, 2.24) is 19.0 Å². The predicted octanol–water partition coefficient (Wildman–Crippen LogP) is 3.78. The number of carbonyl (C=O) groups excluding carboxylic acids is 2. The van der Waals surface area contributed by atoms with Gasteiger partial charge in [0, 0.05) is 43.9 Å². The lowest BCUT2D eigenvalue weighted by Gasteiger charge is -2.34. The van der Waals surface area contributed by atoms with Crippen molar-refractivity contribution in [2.24, 2.45) is 0 Å². The number of fused-ring (bicyclic) bond motifs is 1. The Morgan fingerprint density at radius 3 is 2.54 bits per heavy atom. The molecule has 2 aromatic carbocycles.